The fourth-order valence-corrected chi connectivity index (χ4v) is 2.97. The van der Waals surface area contributed by atoms with Gasteiger partial charge in [0.05, 0.1) is 0 Å². The number of ether oxygens (including phenoxy) is 1. The number of piperidine rings is 1. The molecule has 2 fully saturated rings. The zero-order valence-electron chi connectivity index (χ0n) is 14.1. The molecule has 1 aromatic rings. The summed E-state index contributed by atoms with van der Waals surface area (Å²) in [5.74, 6) is 1.81. The molecule has 1 aromatic carbocycles. The minimum atomic E-state index is 0. The Bertz CT molecular complexity index is 535. The Labute approximate surface area is 150 Å². The largest absolute Gasteiger partial charge is 0.490 e. The Balaban J connectivity index is 0.00000208. The summed E-state index contributed by atoms with van der Waals surface area (Å²) >= 11 is 0. The lowest BCUT2D eigenvalue weighted by Gasteiger charge is -2.32. The third-order valence-electron chi connectivity index (χ3n) is 4.64. The third kappa shape index (κ3) is 5.25. The summed E-state index contributed by atoms with van der Waals surface area (Å²) in [6.07, 6.45) is 6.59. The van der Waals surface area contributed by atoms with E-state index in [0.717, 1.165) is 49.7 Å². The van der Waals surface area contributed by atoms with E-state index in [1.165, 1.54) is 12.8 Å². The topological polar surface area (TPSA) is 41.6 Å². The molecule has 0 aromatic heterocycles. The average molecular weight is 351 g/mol. The molecule has 1 aliphatic heterocycles. The summed E-state index contributed by atoms with van der Waals surface area (Å²) < 4.78 is 5.45. The highest BCUT2D eigenvalue weighted by Crippen LogP contribution is 2.28. The van der Waals surface area contributed by atoms with Crippen LogP contribution in [0.1, 0.15) is 36.0 Å². The quantitative estimate of drug-likeness (QED) is 0.767. The zero-order valence-corrected chi connectivity index (χ0v) is 14.9. The molecule has 3 rings (SSSR count). The number of carbonyl (C=O) groups is 1. The van der Waals surface area contributed by atoms with Crippen LogP contribution in [0.5, 0.6) is 5.75 Å². The van der Waals surface area contributed by atoms with Gasteiger partial charge in [0.15, 0.2) is 0 Å². The first kappa shape index (κ1) is 18.8. The van der Waals surface area contributed by atoms with Crippen molar-refractivity contribution in [3.8, 4) is 5.75 Å². The molecule has 132 valence electrons. The van der Waals surface area contributed by atoms with Crippen LogP contribution in [0, 0.1) is 5.92 Å². The number of benzene rings is 1. The maximum atomic E-state index is 12.6. The van der Waals surface area contributed by atoms with Crippen molar-refractivity contribution in [2.75, 3.05) is 26.2 Å². The molecule has 5 heteroatoms. The van der Waals surface area contributed by atoms with Gasteiger partial charge in [-0.05, 0) is 62.4 Å². The molecule has 0 spiro atoms. The number of rotatable bonds is 7. The van der Waals surface area contributed by atoms with Gasteiger partial charge in [0.25, 0.3) is 5.91 Å². The number of amides is 1. The summed E-state index contributed by atoms with van der Waals surface area (Å²) in [6.45, 7) is 6.95. The van der Waals surface area contributed by atoms with Gasteiger partial charge in [-0.15, -0.1) is 12.4 Å². The number of hydrogen-bond acceptors (Lipinski definition) is 3. The Kier molecular flexibility index (Phi) is 7.13. The summed E-state index contributed by atoms with van der Waals surface area (Å²) in [5.41, 5.74) is 0.736. The van der Waals surface area contributed by atoms with E-state index < -0.39 is 0 Å². The first-order valence-electron chi connectivity index (χ1n) is 8.62. The van der Waals surface area contributed by atoms with Crippen LogP contribution in [-0.2, 0) is 0 Å². The molecule has 0 unspecified atom stereocenters. The summed E-state index contributed by atoms with van der Waals surface area (Å²) in [4.78, 5) is 14.5. The molecule has 1 heterocycles. The monoisotopic (exact) mass is 350 g/mol. The van der Waals surface area contributed by atoms with Gasteiger partial charge in [-0.1, -0.05) is 12.7 Å². The highest BCUT2D eigenvalue weighted by molar-refractivity contribution is 5.94. The van der Waals surface area contributed by atoms with E-state index in [0.29, 0.717) is 12.6 Å². The molecular formula is C19H27ClN2O2. The molecule has 24 heavy (non-hydrogen) atoms. The number of nitrogens with one attached hydrogen (secondary N) is 1. The van der Waals surface area contributed by atoms with Crippen LogP contribution in [0.3, 0.4) is 0 Å². The molecule has 0 atom stereocenters. The molecule has 4 nitrogen and oxygen atoms in total. The predicted molar refractivity (Wildman–Crippen MR) is 99.0 cm³/mol. The second-order valence-corrected chi connectivity index (χ2v) is 6.54. The Morgan fingerprint density at radius 3 is 2.46 bits per heavy atom. The maximum absolute atomic E-state index is 12.6. The zero-order chi connectivity index (χ0) is 16.1. The first-order valence-corrected chi connectivity index (χ1v) is 8.62. The summed E-state index contributed by atoms with van der Waals surface area (Å²) in [7, 11) is 0. The predicted octanol–water partition coefficient (Wildman–Crippen LogP) is 3.28. The van der Waals surface area contributed by atoms with Crippen molar-refractivity contribution in [2.45, 2.75) is 31.7 Å². The highest BCUT2D eigenvalue weighted by atomic mass is 35.5. The van der Waals surface area contributed by atoms with Crippen LogP contribution >= 0.6 is 12.4 Å². The SMILES string of the molecule is C=CCOc1ccc(C(=O)N2CCC(NCC3CC3)CC2)cc1.Cl. The van der Waals surface area contributed by atoms with Gasteiger partial charge in [0, 0.05) is 24.7 Å². The van der Waals surface area contributed by atoms with E-state index in [4.69, 9.17) is 4.74 Å². The lowest BCUT2D eigenvalue weighted by Crippen LogP contribution is -2.45. The first-order chi connectivity index (χ1) is 11.3. The van der Waals surface area contributed by atoms with Crippen molar-refractivity contribution in [1.82, 2.24) is 10.2 Å². The van der Waals surface area contributed by atoms with Crippen molar-refractivity contribution >= 4 is 18.3 Å². The van der Waals surface area contributed by atoms with Gasteiger partial charge in [-0.3, -0.25) is 4.79 Å². The van der Waals surface area contributed by atoms with Gasteiger partial charge in [-0.25, -0.2) is 0 Å². The Morgan fingerprint density at radius 1 is 1.21 bits per heavy atom. The molecule has 1 saturated carbocycles. The van der Waals surface area contributed by atoms with Gasteiger partial charge in [0.2, 0.25) is 0 Å². The third-order valence-corrected chi connectivity index (χ3v) is 4.64. The summed E-state index contributed by atoms with van der Waals surface area (Å²) in [5, 5.41) is 3.65. The molecule has 1 N–H and O–H groups in total. The lowest BCUT2D eigenvalue weighted by atomic mass is 10.0. The van der Waals surface area contributed by atoms with Crippen molar-refractivity contribution in [2.24, 2.45) is 5.92 Å². The fourth-order valence-electron chi connectivity index (χ4n) is 2.97. The molecular weight excluding hydrogens is 324 g/mol. The van der Waals surface area contributed by atoms with Crippen LogP contribution in [0.15, 0.2) is 36.9 Å². The van der Waals surface area contributed by atoms with E-state index >= 15 is 0 Å². The normalized spacial score (nSPS) is 17.9. The number of halogens is 1. The number of nitrogens with zero attached hydrogens (tertiary/aromatic N) is 1. The van der Waals surface area contributed by atoms with E-state index in [-0.39, 0.29) is 18.3 Å². The fraction of sp³-hybridized carbons (Fsp3) is 0.526. The van der Waals surface area contributed by atoms with Crippen molar-refractivity contribution in [1.29, 1.82) is 0 Å². The second kappa shape index (κ2) is 9.09. The lowest BCUT2D eigenvalue weighted by molar-refractivity contribution is 0.0705. The van der Waals surface area contributed by atoms with E-state index in [9.17, 15) is 4.79 Å². The number of carbonyl (C=O) groups excluding carboxylic acids is 1. The second-order valence-electron chi connectivity index (χ2n) is 6.54. The standard InChI is InChI=1S/C19H26N2O2.ClH/c1-2-13-23-18-7-5-16(6-8-18)19(22)21-11-9-17(10-12-21)20-14-15-3-4-15;/h2,5-8,15,17,20H,1,3-4,9-14H2;1H. The summed E-state index contributed by atoms with van der Waals surface area (Å²) in [6, 6.07) is 7.96. The minimum absolute atomic E-state index is 0. The Morgan fingerprint density at radius 2 is 1.88 bits per heavy atom. The van der Waals surface area contributed by atoms with Gasteiger partial charge in [-0.2, -0.15) is 0 Å². The van der Waals surface area contributed by atoms with Crippen LogP contribution < -0.4 is 10.1 Å². The van der Waals surface area contributed by atoms with Crippen molar-refractivity contribution in [3.05, 3.63) is 42.5 Å². The van der Waals surface area contributed by atoms with Gasteiger partial charge in [0.1, 0.15) is 12.4 Å². The number of hydrogen-bond donors (Lipinski definition) is 1. The van der Waals surface area contributed by atoms with Gasteiger partial charge >= 0.3 is 0 Å². The maximum Gasteiger partial charge on any atom is 0.253 e. The highest BCUT2D eigenvalue weighted by Gasteiger charge is 2.26. The van der Waals surface area contributed by atoms with E-state index in [1.54, 1.807) is 6.08 Å². The van der Waals surface area contributed by atoms with E-state index in [1.807, 2.05) is 29.2 Å². The minimum Gasteiger partial charge on any atom is -0.490 e. The molecule has 1 saturated heterocycles. The van der Waals surface area contributed by atoms with E-state index in [2.05, 4.69) is 11.9 Å². The smallest absolute Gasteiger partial charge is 0.253 e. The average Bonchev–Trinajstić information content (AvgIpc) is 3.43. The molecule has 1 amide bonds. The number of likely N-dealkylation sites (tertiary alicyclic amines) is 1. The van der Waals surface area contributed by atoms with Crippen LogP contribution in [0.2, 0.25) is 0 Å². The Hall–Kier alpha value is -1.52. The molecule has 0 bridgehead atoms. The van der Waals surface area contributed by atoms with Gasteiger partial charge < -0.3 is 15.0 Å². The van der Waals surface area contributed by atoms with Crippen molar-refractivity contribution < 1.29 is 9.53 Å². The molecule has 1 aliphatic carbocycles. The van der Waals surface area contributed by atoms with Crippen LogP contribution in [0.4, 0.5) is 0 Å². The van der Waals surface area contributed by atoms with Crippen LogP contribution in [0.25, 0.3) is 0 Å². The molecule has 2 aliphatic rings. The van der Waals surface area contributed by atoms with Crippen molar-refractivity contribution in [3.63, 3.8) is 0 Å². The molecule has 0 radical (unpaired) electrons. The van der Waals surface area contributed by atoms with Crippen LogP contribution in [-0.4, -0.2) is 43.1 Å².